The molecular formula is C36H43Cl2N3O6S. The van der Waals surface area contributed by atoms with E-state index in [2.05, 4.69) is 5.32 Å². The number of halogens is 2. The average Bonchev–Trinajstić information content (AvgIpc) is 3.11. The molecule has 2 aliphatic heterocycles. The third-order valence-electron chi connectivity index (χ3n) is 9.64. The first-order chi connectivity index (χ1) is 23.2. The van der Waals surface area contributed by atoms with E-state index in [9.17, 15) is 18.6 Å². The number of hydrogen-bond donors (Lipinski definition) is 1. The molecule has 48 heavy (non-hydrogen) atoms. The van der Waals surface area contributed by atoms with Crippen molar-refractivity contribution >= 4 is 57.6 Å². The van der Waals surface area contributed by atoms with Crippen molar-refractivity contribution in [2.45, 2.75) is 68.2 Å². The van der Waals surface area contributed by atoms with Crippen LogP contribution in [0.3, 0.4) is 0 Å². The minimum Gasteiger partial charge on any atom is -0.468 e. The smallest absolute Gasteiger partial charge is 0.336 e. The van der Waals surface area contributed by atoms with Gasteiger partial charge in [-0.3, -0.25) is 18.8 Å². The first kappa shape index (κ1) is 36.2. The number of benzene rings is 2. The molecule has 5 rings (SSSR count). The normalized spacial score (nSPS) is 21.4. The molecule has 2 fully saturated rings. The van der Waals surface area contributed by atoms with Gasteiger partial charge in [-0.05, 0) is 68.0 Å². The van der Waals surface area contributed by atoms with Gasteiger partial charge in [0.1, 0.15) is 5.92 Å². The van der Waals surface area contributed by atoms with Crippen molar-refractivity contribution in [3.63, 3.8) is 0 Å². The van der Waals surface area contributed by atoms with E-state index < -0.39 is 34.6 Å². The van der Waals surface area contributed by atoms with Crippen LogP contribution in [0, 0.1) is 11.8 Å². The summed E-state index contributed by atoms with van der Waals surface area (Å²) in [4.78, 5) is 48.2. The Bertz CT molecular complexity index is 1550. The van der Waals surface area contributed by atoms with Crippen LogP contribution in [0.5, 0.6) is 0 Å². The molecule has 12 heteroatoms. The van der Waals surface area contributed by atoms with E-state index in [0.29, 0.717) is 29.6 Å². The zero-order chi connectivity index (χ0) is 34.2. The maximum absolute atomic E-state index is 13.9. The average molecular weight is 717 g/mol. The summed E-state index contributed by atoms with van der Waals surface area (Å²) >= 11 is 13.4. The second-order valence-corrected chi connectivity index (χ2v) is 14.9. The second-order valence-electron chi connectivity index (χ2n) is 12.6. The molecule has 258 valence electrons. The van der Waals surface area contributed by atoms with Crippen LogP contribution in [0.2, 0.25) is 10.0 Å². The lowest BCUT2D eigenvalue weighted by Crippen LogP contribution is -2.47. The Labute approximate surface area is 294 Å². The molecular weight excluding hydrogens is 673 g/mol. The van der Waals surface area contributed by atoms with E-state index in [0.717, 1.165) is 25.3 Å². The van der Waals surface area contributed by atoms with Gasteiger partial charge in [-0.15, -0.1) is 0 Å². The number of rotatable bonds is 11. The molecule has 0 radical (unpaired) electrons. The molecule has 0 bridgehead atoms. The highest BCUT2D eigenvalue weighted by Gasteiger charge is 2.46. The Balaban J connectivity index is 1.46. The third-order valence-corrected chi connectivity index (χ3v) is 11.6. The molecule has 1 saturated heterocycles. The second kappa shape index (κ2) is 17.1. The fraction of sp³-hybridized carbons (Fsp3) is 0.500. The molecule has 0 aromatic heterocycles. The molecule has 1 aliphatic carbocycles. The van der Waals surface area contributed by atoms with Gasteiger partial charge < -0.3 is 19.7 Å². The van der Waals surface area contributed by atoms with Crippen molar-refractivity contribution in [2.24, 2.45) is 16.8 Å². The lowest BCUT2D eigenvalue weighted by Gasteiger charge is -2.36. The summed E-state index contributed by atoms with van der Waals surface area (Å²) in [5.74, 6) is -3.44. The topological polar surface area (TPSA) is 114 Å². The predicted octanol–water partition coefficient (Wildman–Crippen LogP) is 6.11. The van der Waals surface area contributed by atoms with Crippen molar-refractivity contribution in [1.29, 1.82) is 0 Å². The number of ether oxygens (including phenoxy) is 2. The summed E-state index contributed by atoms with van der Waals surface area (Å²) in [6, 6.07) is 14.0. The zero-order valence-corrected chi connectivity index (χ0v) is 29.7. The monoisotopic (exact) mass is 715 g/mol. The number of nitrogens with one attached hydrogen (secondary N) is 1. The van der Waals surface area contributed by atoms with Gasteiger partial charge in [-0.2, -0.15) is 0 Å². The van der Waals surface area contributed by atoms with Gasteiger partial charge in [-0.1, -0.05) is 66.7 Å². The van der Waals surface area contributed by atoms with Crippen LogP contribution in [0.4, 0.5) is 0 Å². The molecule has 2 aromatic carbocycles. The van der Waals surface area contributed by atoms with Crippen molar-refractivity contribution in [1.82, 2.24) is 10.2 Å². The van der Waals surface area contributed by atoms with Crippen molar-refractivity contribution in [3.05, 3.63) is 75.4 Å². The van der Waals surface area contributed by atoms with Crippen molar-refractivity contribution in [3.8, 4) is 0 Å². The number of esters is 2. The lowest BCUT2D eigenvalue weighted by atomic mass is 9.74. The molecule has 9 nitrogen and oxygen atoms in total. The van der Waals surface area contributed by atoms with E-state index in [1.165, 1.54) is 46.3 Å². The van der Waals surface area contributed by atoms with Crippen LogP contribution in [0.25, 0.3) is 0 Å². The molecule has 3 aliphatic rings. The van der Waals surface area contributed by atoms with Crippen LogP contribution in [-0.4, -0.2) is 78.3 Å². The molecule has 3 atom stereocenters. The van der Waals surface area contributed by atoms with Gasteiger partial charge in [0.15, 0.2) is 0 Å². The number of hydrogen-bond acceptors (Lipinski definition) is 8. The van der Waals surface area contributed by atoms with Gasteiger partial charge in [0.25, 0.3) is 0 Å². The fourth-order valence-corrected chi connectivity index (χ4v) is 8.81. The van der Waals surface area contributed by atoms with E-state index in [-0.39, 0.29) is 45.1 Å². The Kier molecular flexibility index (Phi) is 12.9. The highest BCUT2D eigenvalue weighted by Crippen LogP contribution is 2.46. The summed E-state index contributed by atoms with van der Waals surface area (Å²) in [5, 5.41) is 4.15. The first-order valence-electron chi connectivity index (χ1n) is 16.6. The molecule has 1 N–H and O–H groups in total. The minimum absolute atomic E-state index is 0.00626. The molecule has 2 heterocycles. The van der Waals surface area contributed by atoms with Gasteiger partial charge in [0, 0.05) is 45.7 Å². The van der Waals surface area contributed by atoms with Crippen molar-refractivity contribution in [2.75, 3.05) is 39.6 Å². The maximum Gasteiger partial charge on any atom is 0.336 e. The number of piperidine rings is 1. The lowest BCUT2D eigenvalue weighted by molar-refractivity contribution is -0.143. The zero-order valence-electron chi connectivity index (χ0n) is 27.4. The SMILES string of the molecule is COC(=O)C1=C(C[S@](=O)c2ccccc2)N=C(CC(=O)N2CCC(NCC3CCCCC3)CC2)C(C(=O)OC)[C@@H]1c1c(Cl)cccc1Cl. The number of nitrogens with zero attached hydrogens (tertiary/aromatic N) is 2. The molecule has 0 spiro atoms. The summed E-state index contributed by atoms with van der Waals surface area (Å²) in [6.45, 7) is 2.17. The number of likely N-dealkylation sites (tertiary alicyclic amines) is 1. The van der Waals surface area contributed by atoms with E-state index >= 15 is 0 Å². The predicted molar refractivity (Wildman–Crippen MR) is 188 cm³/mol. The number of methoxy groups -OCH3 is 2. The van der Waals surface area contributed by atoms with E-state index in [4.69, 9.17) is 37.7 Å². The molecule has 1 saturated carbocycles. The van der Waals surface area contributed by atoms with Gasteiger partial charge >= 0.3 is 11.9 Å². The first-order valence-corrected chi connectivity index (χ1v) is 18.6. The molecule has 1 unspecified atom stereocenters. The number of carbonyl (C=O) groups excluding carboxylic acids is 3. The Morgan fingerprint density at radius 3 is 2.21 bits per heavy atom. The van der Waals surface area contributed by atoms with Crippen LogP contribution in [-0.2, 0) is 34.7 Å². The summed E-state index contributed by atoms with van der Waals surface area (Å²) in [5.41, 5.74) is 0.620. The van der Waals surface area contributed by atoms with Crippen LogP contribution in [0.15, 0.2) is 69.7 Å². The Hall–Kier alpha value is -3.05. The minimum atomic E-state index is -1.62. The quantitative estimate of drug-likeness (QED) is 0.280. The largest absolute Gasteiger partial charge is 0.468 e. The van der Waals surface area contributed by atoms with Crippen LogP contribution >= 0.6 is 23.2 Å². The summed E-state index contributed by atoms with van der Waals surface area (Å²) < 4.78 is 24.0. The van der Waals surface area contributed by atoms with Crippen LogP contribution < -0.4 is 5.32 Å². The number of carbonyl (C=O) groups is 3. The van der Waals surface area contributed by atoms with Crippen molar-refractivity contribution < 1.29 is 28.1 Å². The summed E-state index contributed by atoms with van der Waals surface area (Å²) in [7, 11) is 0.831. The Morgan fingerprint density at radius 2 is 1.58 bits per heavy atom. The fourth-order valence-electron chi connectivity index (χ4n) is 7.08. The highest BCUT2D eigenvalue weighted by atomic mass is 35.5. The van der Waals surface area contributed by atoms with Gasteiger partial charge in [0.05, 0.1) is 48.5 Å². The number of amides is 1. The van der Waals surface area contributed by atoms with E-state index in [1.807, 2.05) is 6.07 Å². The standard InChI is InChI=1S/C36H43Cl2N3O6S/c1-46-35(43)32-28(20-30(42)41-18-16-24(17-19-41)39-21-23-10-5-3-6-11-23)40-29(22-48(45)25-12-7-4-8-13-25)33(36(44)47-2)34(32)31-26(37)14-9-15-27(31)38/h4,7-9,12-15,23-24,32,34,39H,3,5-6,10-11,16-22H2,1-2H3/t32?,34-,48-/m0/s1. The third kappa shape index (κ3) is 8.56. The highest BCUT2D eigenvalue weighted by molar-refractivity contribution is 7.85. The van der Waals surface area contributed by atoms with Gasteiger partial charge in [0.2, 0.25) is 5.91 Å². The van der Waals surface area contributed by atoms with Gasteiger partial charge in [-0.25, -0.2) is 4.79 Å². The number of aliphatic imine (C=N–C) groups is 1. The van der Waals surface area contributed by atoms with E-state index in [1.54, 1.807) is 47.4 Å². The maximum atomic E-state index is 13.9. The molecule has 1 amide bonds. The van der Waals surface area contributed by atoms with Crippen LogP contribution in [0.1, 0.15) is 62.8 Å². The Morgan fingerprint density at radius 1 is 0.917 bits per heavy atom. The molecule has 2 aromatic rings. The summed E-state index contributed by atoms with van der Waals surface area (Å²) in [6.07, 6.45) is 7.96.